The highest BCUT2D eigenvalue weighted by atomic mass is 19.1. The summed E-state index contributed by atoms with van der Waals surface area (Å²) in [5.41, 5.74) is 2.91. The number of benzene rings is 2. The van der Waals surface area contributed by atoms with E-state index in [2.05, 4.69) is 5.32 Å². The molecule has 0 spiro atoms. The summed E-state index contributed by atoms with van der Waals surface area (Å²) >= 11 is 0. The van der Waals surface area contributed by atoms with Crippen LogP contribution in [0.15, 0.2) is 42.5 Å². The van der Waals surface area contributed by atoms with E-state index in [1.807, 2.05) is 23.1 Å². The fraction of sp³-hybridized carbons (Fsp3) is 0.391. The van der Waals surface area contributed by atoms with E-state index < -0.39 is 0 Å². The van der Waals surface area contributed by atoms with Gasteiger partial charge in [0.1, 0.15) is 18.2 Å². The number of halogens is 1. The lowest BCUT2D eigenvalue weighted by Crippen LogP contribution is -2.33. The average Bonchev–Trinajstić information content (AvgIpc) is 3.57. The molecule has 0 atom stereocenters. The molecule has 1 heterocycles. The Bertz CT molecular complexity index is 893. The van der Waals surface area contributed by atoms with E-state index in [4.69, 9.17) is 4.74 Å². The van der Waals surface area contributed by atoms with Crippen molar-refractivity contribution in [2.45, 2.75) is 38.8 Å². The Morgan fingerprint density at radius 2 is 1.86 bits per heavy atom. The number of amides is 2. The van der Waals surface area contributed by atoms with Crippen molar-refractivity contribution in [1.29, 1.82) is 0 Å². The number of carbonyl (C=O) groups is 2. The van der Waals surface area contributed by atoms with Crippen molar-refractivity contribution in [3.05, 3.63) is 65.0 Å². The van der Waals surface area contributed by atoms with Gasteiger partial charge in [0.05, 0.1) is 6.54 Å². The average molecular weight is 396 g/mol. The Balaban J connectivity index is 1.31. The van der Waals surface area contributed by atoms with Crippen LogP contribution in [0.1, 0.15) is 36.0 Å². The SMILES string of the molecule is O=C(CCc1ccc2c(c1)CN(C(=O)C1CC1)CCO2)NCc1ccc(F)cc1. The molecule has 0 saturated heterocycles. The molecule has 1 aliphatic carbocycles. The molecule has 2 amide bonds. The van der Waals surface area contributed by atoms with Crippen LogP contribution < -0.4 is 10.1 Å². The molecule has 2 aromatic carbocycles. The van der Waals surface area contributed by atoms with E-state index in [0.717, 1.165) is 35.3 Å². The number of fused-ring (bicyclic) bond motifs is 1. The van der Waals surface area contributed by atoms with Crippen molar-refractivity contribution in [2.24, 2.45) is 5.92 Å². The standard InChI is InChI=1S/C23H25FN2O3/c24-20-7-1-17(2-8-20)14-25-22(27)10-4-16-3-9-21-19(13-16)15-26(11-12-29-21)23(28)18-5-6-18/h1-3,7-9,13,18H,4-6,10-12,14-15H2,(H,25,27). The monoisotopic (exact) mass is 396 g/mol. The van der Waals surface area contributed by atoms with E-state index in [1.165, 1.54) is 12.1 Å². The van der Waals surface area contributed by atoms with Crippen LogP contribution in [0.4, 0.5) is 4.39 Å². The first-order chi connectivity index (χ1) is 14.1. The van der Waals surface area contributed by atoms with Gasteiger partial charge in [0, 0.05) is 31.0 Å². The molecule has 1 saturated carbocycles. The number of ether oxygens (including phenoxy) is 1. The maximum Gasteiger partial charge on any atom is 0.226 e. The highest BCUT2D eigenvalue weighted by Crippen LogP contribution is 2.33. The minimum Gasteiger partial charge on any atom is -0.491 e. The molecule has 1 N–H and O–H groups in total. The quantitative estimate of drug-likeness (QED) is 0.816. The summed E-state index contributed by atoms with van der Waals surface area (Å²) in [7, 11) is 0. The van der Waals surface area contributed by atoms with Crippen LogP contribution in [0.2, 0.25) is 0 Å². The highest BCUT2D eigenvalue weighted by molar-refractivity contribution is 5.81. The van der Waals surface area contributed by atoms with Crippen molar-refractivity contribution in [3.8, 4) is 5.75 Å². The Morgan fingerprint density at radius 3 is 2.62 bits per heavy atom. The third-order valence-electron chi connectivity index (χ3n) is 5.39. The van der Waals surface area contributed by atoms with Crippen LogP contribution >= 0.6 is 0 Å². The summed E-state index contributed by atoms with van der Waals surface area (Å²) in [4.78, 5) is 26.5. The number of hydrogen-bond acceptors (Lipinski definition) is 3. The lowest BCUT2D eigenvalue weighted by Gasteiger charge is -2.19. The number of nitrogens with one attached hydrogen (secondary N) is 1. The molecule has 1 fully saturated rings. The van der Waals surface area contributed by atoms with Crippen LogP contribution in [0.5, 0.6) is 5.75 Å². The minimum atomic E-state index is -0.287. The Hall–Kier alpha value is -2.89. The van der Waals surface area contributed by atoms with Gasteiger partial charge in [-0.2, -0.15) is 0 Å². The maximum absolute atomic E-state index is 12.9. The third-order valence-corrected chi connectivity index (χ3v) is 5.39. The van der Waals surface area contributed by atoms with Crippen LogP contribution in [0.25, 0.3) is 0 Å². The van der Waals surface area contributed by atoms with Crippen LogP contribution in [0, 0.1) is 11.7 Å². The molecule has 0 unspecified atom stereocenters. The molecule has 6 heteroatoms. The zero-order chi connectivity index (χ0) is 20.2. The number of aryl methyl sites for hydroxylation is 1. The Morgan fingerprint density at radius 1 is 1.10 bits per heavy atom. The summed E-state index contributed by atoms with van der Waals surface area (Å²) in [6, 6.07) is 12.1. The predicted molar refractivity (Wildman–Crippen MR) is 107 cm³/mol. The van der Waals surface area contributed by atoms with Crippen LogP contribution in [0.3, 0.4) is 0 Å². The second-order valence-electron chi connectivity index (χ2n) is 7.73. The summed E-state index contributed by atoms with van der Waals surface area (Å²) in [5.74, 6) is 0.910. The van der Waals surface area contributed by atoms with Gasteiger partial charge < -0.3 is 15.0 Å². The molecule has 29 heavy (non-hydrogen) atoms. The second-order valence-corrected chi connectivity index (χ2v) is 7.73. The number of carbonyl (C=O) groups excluding carboxylic acids is 2. The number of hydrogen-bond donors (Lipinski definition) is 1. The van der Waals surface area contributed by atoms with Gasteiger partial charge >= 0.3 is 0 Å². The lowest BCUT2D eigenvalue weighted by molar-refractivity contribution is -0.133. The molecule has 2 aliphatic rings. The fourth-order valence-electron chi connectivity index (χ4n) is 3.53. The molecule has 0 radical (unpaired) electrons. The zero-order valence-corrected chi connectivity index (χ0v) is 16.3. The van der Waals surface area contributed by atoms with Crippen molar-refractivity contribution < 1.29 is 18.7 Å². The van der Waals surface area contributed by atoms with Gasteiger partial charge in [0.2, 0.25) is 11.8 Å². The minimum absolute atomic E-state index is 0.0499. The molecule has 2 aromatic rings. The molecular weight excluding hydrogens is 371 g/mol. The van der Waals surface area contributed by atoms with Gasteiger partial charge in [-0.05, 0) is 48.6 Å². The molecule has 0 bridgehead atoms. The summed E-state index contributed by atoms with van der Waals surface area (Å²) in [6.45, 7) is 2.08. The molecule has 4 rings (SSSR count). The van der Waals surface area contributed by atoms with Crippen LogP contribution in [-0.2, 0) is 29.1 Å². The second kappa shape index (κ2) is 8.64. The summed E-state index contributed by atoms with van der Waals surface area (Å²) in [6.07, 6.45) is 2.97. The van der Waals surface area contributed by atoms with Gasteiger partial charge in [0.15, 0.2) is 0 Å². The molecule has 5 nitrogen and oxygen atoms in total. The smallest absolute Gasteiger partial charge is 0.226 e. The van der Waals surface area contributed by atoms with E-state index in [1.54, 1.807) is 12.1 Å². The summed E-state index contributed by atoms with van der Waals surface area (Å²) in [5, 5.41) is 2.86. The van der Waals surface area contributed by atoms with Crippen LogP contribution in [-0.4, -0.2) is 29.9 Å². The first kappa shape index (κ1) is 19.4. The van der Waals surface area contributed by atoms with Gasteiger partial charge in [0.25, 0.3) is 0 Å². The van der Waals surface area contributed by atoms with E-state index in [0.29, 0.717) is 39.1 Å². The van der Waals surface area contributed by atoms with Gasteiger partial charge in [-0.1, -0.05) is 24.3 Å². The largest absolute Gasteiger partial charge is 0.491 e. The van der Waals surface area contributed by atoms with Crippen molar-refractivity contribution in [2.75, 3.05) is 13.2 Å². The first-order valence-electron chi connectivity index (χ1n) is 10.1. The fourth-order valence-corrected chi connectivity index (χ4v) is 3.53. The lowest BCUT2D eigenvalue weighted by atomic mass is 10.0. The van der Waals surface area contributed by atoms with E-state index in [-0.39, 0.29) is 23.5 Å². The first-order valence-corrected chi connectivity index (χ1v) is 10.1. The Kier molecular flexibility index (Phi) is 5.79. The molecular formula is C23H25FN2O3. The highest BCUT2D eigenvalue weighted by Gasteiger charge is 2.34. The van der Waals surface area contributed by atoms with Crippen molar-refractivity contribution in [3.63, 3.8) is 0 Å². The van der Waals surface area contributed by atoms with Gasteiger partial charge in [-0.3, -0.25) is 9.59 Å². The zero-order valence-electron chi connectivity index (χ0n) is 16.3. The van der Waals surface area contributed by atoms with E-state index in [9.17, 15) is 14.0 Å². The Labute approximate surface area is 169 Å². The third kappa shape index (κ3) is 5.13. The van der Waals surface area contributed by atoms with Gasteiger partial charge in [-0.15, -0.1) is 0 Å². The molecule has 1 aliphatic heterocycles. The number of nitrogens with zero attached hydrogens (tertiary/aromatic N) is 1. The van der Waals surface area contributed by atoms with Crippen molar-refractivity contribution >= 4 is 11.8 Å². The van der Waals surface area contributed by atoms with Crippen molar-refractivity contribution in [1.82, 2.24) is 10.2 Å². The number of rotatable bonds is 6. The normalized spacial score (nSPS) is 15.8. The molecule has 0 aromatic heterocycles. The van der Waals surface area contributed by atoms with Gasteiger partial charge in [-0.25, -0.2) is 4.39 Å². The maximum atomic E-state index is 12.9. The summed E-state index contributed by atoms with van der Waals surface area (Å²) < 4.78 is 18.7. The predicted octanol–water partition coefficient (Wildman–Crippen LogP) is 3.21. The van der Waals surface area contributed by atoms with E-state index >= 15 is 0 Å². The topological polar surface area (TPSA) is 58.6 Å². The molecule has 152 valence electrons.